The average molecular weight is 289 g/mol. The molecule has 1 fully saturated rings. The topological polar surface area (TPSA) is 42.2 Å². The van der Waals surface area contributed by atoms with Crippen LogP contribution in [0.2, 0.25) is 0 Å². The Bertz CT molecular complexity index is 606. The highest BCUT2D eigenvalue weighted by Gasteiger charge is 2.38. The Kier molecular flexibility index (Phi) is 3.42. The number of furan rings is 1. The number of hydrogen-bond acceptors (Lipinski definition) is 3. The molecule has 2 aromatic heterocycles. The third kappa shape index (κ3) is 2.29. The number of thiophene rings is 1. The fourth-order valence-electron chi connectivity index (χ4n) is 3.10. The van der Waals surface area contributed by atoms with Gasteiger partial charge in [0.1, 0.15) is 11.5 Å². The summed E-state index contributed by atoms with van der Waals surface area (Å²) in [5.74, 6) is 1.46. The minimum absolute atomic E-state index is 0.0188. The van der Waals surface area contributed by atoms with Crippen LogP contribution in [0, 0.1) is 13.8 Å². The summed E-state index contributed by atoms with van der Waals surface area (Å²) in [6, 6.07) is 6.00. The molecule has 1 amide bonds. The molecule has 1 saturated carbocycles. The van der Waals surface area contributed by atoms with E-state index in [-0.39, 0.29) is 11.4 Å². The number of aryl methyl sites for hydroxylation is 2. The maximum atomic E-state index is 12.6. The Balaban J connectivity index is 1.88. The smallest absolute Gasteiger partial charge is 0.255 e. The van der Waals surface area contributed by atoms with Gasteiger partial charge < -0.3 is 9.73 Å². The quantitative estimate of drug-likeness (QED) is 0.922. The van der Waals surface area contributed by atoms with Gasteiger partial charge in [-0.15, -0.1) is 11.3 Å². The van der Waals surface area contributed by atoms with Gasteiger partial charge in [0.05, 0.1) is 11.1 Å². The lowest BCUT2D eigenvalue weighted by molar-refractivity contribution is 0.0898. The van der Waals surface area contributed by atoms with Crippen molar-refractivity contribution < 1.29 is 9.21 Å². The van der Waals surface area contributed by atoms with Crippen molar-refractivity contribution in [3.63, 3.8) is 0 Å². The Morgan fingerprint density at radius 3 is 2.65 bits per heavy atom. The second-order valence-electron chi connectivity index (χ2n) is 5.55. The van der Waals surface area contributed by atoms with Crippen molar-refractivity contribution in [2.24, 2.45) is 0 Å². The van der Waals surface area contributed by atoms with Crippen molar-refractivity contribution in [3.05, 3.63) is 45.5 Å². The van der Waals surface area contributed by atoms with E-state index in [0.29, 0.717) is 11.3 Å². The summed E-state index contributed by atoms with van der Waals surface area (Å²) >= 11 is 1.73. The van der Waals surface area contributed by atoms with Gasteiger partial charge >= 0.3 is 0 Å². The first-order chi connectivity index (χ1) is 9.61. The molecule has 0 aromatic carbocycles. The van der Waals surface area contributed by atoms with Gasteiger partial charge in [-0.3, -0.25) is 4.79 Å². The van der Waals surface area contributed by atoms with Crippen LogP contribution in [-0.4, -0.2) is 5.91 Å². The van der Waals surface area contributed by atoms with Gasteiger partial charge in [0.15, 0.2) is 0 Å². The number of nitrogens with one attached hydrogen (secondary N) is 1. The van der Waals surface area contributed by atoms with Crippen LogP contribution in [0.4, 0.5) is 0 Å². The zero-order valence-electron chi connectivity index (χ0n) is 11.9. The summed E-state index contributed by atoms with van der Waals surface area (Å²) in [4.78, 5) is 13.8. The molecule has 1 aliphatic carbocycles. The van der Waals surface area contributed by atoms with Crippen LogP contribution in [-0.2, 0) is 5.54 Å². The molecule has 0 aliphatic heterocycles. The number of carbonyl (C=O) groups is 1. The van der Waals surface area contributed by atoms with Crippen molar-refractivity contribution >= 4 is 17.2 Å². The third-order valence-electron chi connectivity index (χ3n) is 4.09. The van der Waals surface area contributed by atoms with E-state index in [1.54, 1.807) is 11.3 Å². The summed E-state index contributed by atoms with van der Waals surface area (Å²) in [6.45, 7) is 3.71. The molecule has 0 spiro atoms. The monoisotopic (exact) mass is 289 g/mol. The number of hydrogen-bond donors (Lipinski definition) is 1. The SMILES string of the molecule is Cc1cc(C(=O)NC2(c3cccs3)CCCC2)c(C)o1. The minimum Gasteiger partial charge on any atom is -0.466 e. The molecule has 20 heavy (non-hydrogen) atoms. The van der Waals surface area contributed by atoms with Crippen LogP contribution in [0.15, 0.2) is 28.0 Å². The molecular formula is C16H19NO2S. The Morgan fingerprint density at radius 2 is 2.10 bits per heavy atom. The van der Waals surface area contributed by atoms with Crippen LogP contribution in [0.5, 0.6) is 0 Å². The highest BCUT2D eigenvalue weighted by Crippen LogP contribution is 2.41. The molecule has 2 aromatic rings. The van der Waals surface area contributed by atoms with Gasteiger partial charge in [-0.05, 0) is 44.2 Å². The van der Waals surface area contributed by atoms with Gasteiger partial charge in [0, 0.05) is 4.88 Å². The largest absolute Gasteiger partial charge is 0.466 e. The average Bonchev–Trinajstić information content (AvgIpc) is 3.10. The van der Waals surface area contributed by atoms with E-state index in [2.05, 4.69) is 22.8 Å². The van der Waals surface area contributed by atoms with Crippen molar-refractivity contribution in [1.82, 2.24) is 5.32 Å². The van der Waals surface area contributed by atoms with E-state index in [1.165, 1.54) is 17.7 Å². The molecule has 106 valence electrons. The first-order valence-corrected chi connectivity index (χ1v) is 7.92. The van der Waals surface area contributed by atoms with E-state index in [4.69, 9.17) is 4.42 Å². The summed E-state index contributed by atoms with van der Waals surface area (Å²) in [6.07, 6.45) is 4.38. The van der Waals surface area contributed by atoms with Gasteiger partial charge in [-0.2, -0.15) is 0 Å². The molecule has 0 saturated heterocycles. The van der Waals surface area contributed by atoms with Crippen LogP contribution < -0.4 is 5.32 Å². The first-order valence-electron chi connectivity index (χ1n) is 7.04. The minimum atomic E-state index is -0.178. The van der Waals surface area contributed by atoms with E-state index in [1.807, 2.05) is 19.9 Å². The fraction of sp³-hybridized carbons (Fsp3) is 0.438. The predicted molar refractivity (Wildman–Crippen MR) is 80.1 cm³/mol. The molecule has 3 rings (SSSR count). The van der Waals surface area contributed by atoms with Gasteiger partial charge in [-0.25, -0.2) is 0 Å². The maximum absolute atomic E-state index is 12.6. The highest BCUT2D eigenvalue weighted by atomic mass is 32.1. The lowest BCUT2D eigenvalue weighted by atomic mass is 9.94. The molecule has 0 bridgehead atoms. The highest BCUT2D eigenvalue weighted by molar-refractivity contribution is 7.10. The number of carbonyl (C=O) groups excluding carboxylic acids is 1. The second kappa shape index (κ2) is 5.09. The normalized spacial score (nSPS) is 17.3. The summed E-state index contributed by atoms with van der Waals surface area (Å²) < 4.78 is 5.47. The van der Waals surface area contributed by atoms with Crippen LogP contribution in [0.3, 0.4) is 0 Å². The van der Waals surface area contributed by atoms with Crippen LogP contribution in [0.25, 0.3) is 0 Å². The van der Waals surface area contributed by atoms with Crippen LogP contribution in [0.1, 0.15) is 52.4 Å². The van der Waals surface area contributed by atoms with Crippen molar-refractivity contribution in [3.8, 4) is 0 Å². The summed E-state index contributed by atoms with van der Waals surface area (Å²) in [7, 11) is 0. The van der Waals surface area contributed by atoms with Crippen molar-refractivity contribution in [2.75, 3.05) is 0 Å². The zero-order valence-corrected chi connectivity index (χ0v) is 12.7. The molecule has 1 aliphatic rings. The molecule has 3 nitrogen and oxygen atoms in total. The van der Waals surface area contributed by atoms with Gasteiger partial charge in [-0.1, -0.05) is 18.9 Å². The summed E-state index contributed by atoms with van der Waals surface area (Å²) in [5.41, 5.74) is 0.480. The first kappa shape index (κ1) is 13.4. The molecule has 4 heteroatoms. The Labute approximate surface area is 123 Å². The van der Waals surface area contributed by atoms with E-state index in [9.17, 15) is 4.79 Å². The number of rotatable bonds is 3. The van der Waals surface area contributed by atoms with Gasteiger partial charge in [0.25, 0.3) is 5.91 Å². The third-order valence-corrected chi connectivity index (χ3v) is 5.16. The van der Waals surface area contributed by atoms with E-state index >= 15 is 0 Å². The van der Waals surface area contributed by atoms with Crippen molar-refractivity contribution in [1.29, 1.82) is 0 Å². The zero-order chi connectivity index (χ0) is 14.2. The number of amides is 1. The summed E-state index contributed by atoms with van der Waals surface area (Å²) in [5, 5.41) is 5.35. The lowest BCUT2D eigenvalue weighted by Gasteiger charge is -2.29. The fourth-order valence-corrected chi connectivity index (χ4v) is 4.04. The second-order valence-corrected chi connectivity index (χ2v) is 6.50. The molecule has 0 unspecified atom stereocenters. The standard InChI is InChI=1S/C16H19NO2S/c1-11-10-13(12(2)19-11)15(18)17-16(7-3-4-8-16)14-6-5-9-20-14/h5-6,9-10H,3-4,7-8H2,1-2H3,(H,17,18). The maximum Gasteiger partial charge on any atom is 0.255 e. The van der Waals surface area contributed by atoms with Crippen LogP contribution >= 0.6 is 11.3 Å². The Morgan fingerprint density at radius 1 is 1.35 bits per heavy atom. The lowest BCUT2D eigenvalue weighted by Crippen LogP contribution is -2.43. The Hall–Kier alpha value is -1.55. The van der Waals surface area contributed by atoms with E-state index < -0.39 is 0 Å². The van der Waals surface area contributed by atoms with Gasteiger partial charge in [0.2, 0.25) is 0 Å². The predicted octanol–water partition coefficient (Wildman–Crippen LogP) is 4.16. The molecule has 0 atom stereocenters. The molecular weight excluding hydrogens is 270 g/mol. The molecule has 2 heterocycles. The molecule has 0 radical (unpaired) electrons. The molecule has 1 N–H and O–H groups in total. The van der Waals surface area contributed by atoms with E-state index in [0.717, 1.165) is 18.6 Å². The van der Waals surface area contributed by atoms with Crippen molar-refractivity contribution in [2.45, 2.75) is 45.1 Å².